The van der Waals surface area contributed by atoms with E-state index in [-0.39, 0.29) is 11.3 Å². The van der Waals surface area contributed by atoms with Gasteiger partial charge in [-0.05, 0) is 36.2 Å². The molecule has 2 aromatic rings. The number of nitrogens with two attached hydrogens (primary N) is 1. The number of hydrogen-bond donors (Lipinski definition) is 1. The Balaban J connectivity index is 1.73. The zero-order valence-electron chi connectivity index (χ0n) is 14.8. The van der Waals surface area contributed by atoms with Crippen LogP contribution in [0.5, 0.6) is 0 Å². The van der Waals surface area contributed by atoms with Crippen LogP contribution in [0.4, 0.5) is 11.4 Å². The van der Waals surface area contributed by atoms with Crippen LogP contribution in [0.1, 0.15) is 22.3 Å². The third-order valence-electron chi connectivity index (χ3n) is 4.71. The normalized spacial score (nSPS) is 15.4. The molecule has 1 saturated heterocycles. The summed E-state index contributed by atoms with van der Waals surface area (Å²) in [6.45, 7) is 3.90. The summed E-state index contributed by atoms with van der Waals surface area (Å²) in [5, 5.41) is 12.2. The second kappa shape index (κ2) is 8.37. The Morgan fingerprint density at radius 3 is 2.52 bits per heavy atom. The lowest BCUT2D eigenvalue weighted by Crippen LogP contribution is -2.31. The molecule has 1 fully saturated rings. The molecular formula is C19H21ClN4O3. The summed E-state index contributed by atoms with van der Waals surface area (Å²) < 4.78 is 0. The molecule has 2 N–H and O–H groups in total. The van der Waals surface area contributed by atoms with Gasteiger partial charge in [-0.3, -0.25) is 19.8 Å². The quantitative estimate of drug-likeness (QED) is 0.627. The fourth-order valence-electron chi connectivity index (χ4n) is 3.31. The molecule has 0 aromatic heterocycles. The molecule has 142 valence electrons. The molecule has 1 amide bonds. The molecule has 27 heavy (non-hydrogen) atoms. The van der Waals surface area contributed by atoms with Gasteiger partial charge in [-0.1, -0.05) is 23.7 Å². The number of carbonyl (C=O) groups excluding carboxylic acids is 1. The predicted molar refractivity (Wildman–Crippen MR) is 105 cm³/mol. The average Bonchev–Trinajstić information content (AvgIpc) is 2.88. The first-order chi connectivity index (χ1) is 12.9. The number of amides is 1. The summed E-state index contributed by atoms with van der Waals surface area (Å²) in [5.41, 5.74) is 7.02. The summed E-state index contributed by atoms with van der Waals surface area (Å²) >= 11 is 5.93. The lowest BCUT2D eigenvalue weighted by atomic mass is 10.1. The van der Waals surface area contributed by atoms with Crippen LogP contribution in [0.3, 0.4) is 0 Å². The number of benzene rings is 2. The molecule has 8 heteroatoms. The average molecular weight is 389 g/mol. The maximum atomic E-state index is 11.5. The zero-order chi connectivity index (χ0) is 19.4. The highest BCUT2D eigenvalue weighted by molar-refractivity contribution is 6.30. The Bertz CT molecular complexity index is 841. The fraction of sp³-hybridized carbons (Fsp3) is 0.316. The molecule has 7 nitrogen and oxygen atoms in total. The highest BCUT2D eigenvalue weighted by Crippen LogP contribution is 2.30. The van der Waals surface area contributed by atoms with Crippen LogP contribution >= 0.6 is 11.6 Å². The van der Waals surface area contributed by atoms with Crippen molar-refractivity contribution >= 4 is 28.9 Å². The number of hydrogen-bond acceptors (Lipinski definition) is 5. The van der Waals surface area contributed by atoms with Gasteiger partial charge in [-0.15, -0.1) is 0 Å². The van der Waals surface area contributed by atoms with Gasteiger partial charge in [0, 0.05) is 49.4 Å². The Morgan fingerprint density at radius 2 is 1.85 bits per heavy atom. The minimum atomic E-state index is -0.672. The summed E-state index contributed by atoms with van der Waals surface area (Å²) in [5.74, 6) is -0.672. The molecule has 1 aliphatic rings. The van der Waals surface area contributed by atoms with Crippen LogP contribution in [-0.4, -0.2) is 41.9 Å². The van der Waals surface area contributed by atoms with Crippen molar-refractivity contribution in [3.05, 3.63) is 68.7 Å². The molecule has 0 spiro atoms. The number of nitro groups is 1. The number of nitrogens with zero attached hydrogens (tertiary/aromatic N) is 3. The van der Waals surface area contributed by atoms with Gasteiger partial charge in [0.15, 0.2) is 0 Å². The maximum Gasteiger partial charge on any atom is 0.293 e. The Labute approximate surface area is 162 Å². The van der Waals surface area contributed by atoms with Gasteiger partial charge < -0.3 is 10.6 Å². The van der Waals surface area contributed by atoms with Gasteiger partial charge in [0.05, 0.1) is 4.92 Å². The van der Waals surface area contributed by atoms with E-state index in [1.165, 1.54) is 11.6 Å². The molecule has 3 rings (SSSR count). The number of nitro benzene ring substituents is 1. The van der Waals surface area contributed by atoms with Gasteiger partial charge in [0.1, 0.15) is 5.69 Å². The van der Waals surface area contributed by atoms with Gasteiger partial charge in [-0.25, -0.2) is 0 Å². The van der Waals surface area contributed by atoms with Crippen molar-refractivity contribution in [3.8, 4) is 0 Å². The Kier molecular flexibility index (Phi) is 5.93. The number of rotatable bonds is 5. The van der Waals surface area contributed by atoms with Crippen molar-refractivity contribution in [1.82, 2.24) is 4.90 Å². The second-order valence-corrected chi connectivity index (χ2v) is 7.00. The third-order valence-corrected chi connectivity index (χ3v) is 4.96. The second-order valence-electron chi connectivity index (χ2n) is 6.57. The summed E-state index contributed by atoms with van der Waals surface area (Å²) in [4.78, 5) is 26.7. The van der Waals surface area contributed by atoms with Crippen molar-refractivity contribution in [3.63, 3.8) is 0 Å². The van der Waals surface area contributed by atoms with E-state index in [2.05, 4.69) is 4.90 Å². The van der Waals surface area contributed by atoms with E-state index in [4.69, 9.17) is 17.3 Å². The lowest BCUT2D eigenvalue weighted by Gasteiger charge is -2.23. The van der Waals surface area contributed by atoms with Crippen LogP contribution in [0, 0.1) is 10.1 Å². The molecule has 1 aliphatic heterocycles. The minimum absolute atomic E-state index is 0.0857. The fourth-order valence-corrected chi connectivity index (χ4v) is 3.43. The molecule has 0 atom stereocenters. The van der Waals surface area contributed by atoms with E-state index in [1.54, 1.807) is 12.1 Å². The number of anilines is 1. The Morgan fingerprint density at radius 1 is 1.11 bits per heavy atom. The van der Waals surface area contributed by atoms with Crippen molar-refractivity contribution < 1.29 is 9.72 Å². The topological polar surface area (TPSA) is 92.7 Å². The van der Waals surface area contributed by atoms with Gasteiger partial charge in [0.25, 0.3) is 5.69 Å². The molecule has 0 bridgehead atoms. The number of carbonyl (C=O) groups is 1. The maximum absolute atomic E-state index is 11.5. The third kappa shape index (κ3) is 4.75. The summed E-state index contributed by atoms with van der Waals surface area (Å²) in [7, 11) is 0. The lowest BCUT2D eigenvalue weighted by molar-refractivity contribution is -0.384. The molecule has 0 aliphatic carbocycles. The van der Waals surface area contributed by atoms with Crippen molar-refractivity contribution in [2.75, 3.05) is 31.1 Å². The van der Waals surface area contributed by atoms with Gasteiger partial charge in [-0.2, -0.15) is 0 Å². The first-order valence-electron chi connectivity index (χ1n) is 8.74. The first-order valence-corrected chi connectivity index (χ1v) is 9.12. The largest absolute Gasteiger partial charge is 0.366 e. The van der Waals surface area contributed by atoms with Gasteiger partial charge >= 0.3 is 0 Å². The van der Waals surface area contributed by atoms with E-state index in [0.717, 1.165) is 26.1 Å². The van der Waals surface area contributed by atoms with Gasteiger partial charge in [0.2, 0.25) is 5.91 Å². The summed E-state index contributed by atoms with van der Waals surface area (Å²) in [6.07, 6.45) is 0.891. The van der Waals surface area contributed by atoms with Crippen LogP contribution in [0.25, 0.3) is 0 Å². The number of halogens is 1. The van der Waals surface area contributed by atoms with Crippen molar-refractivity contribution in [1.29, 1.82) is 0 Å². The van der Waals surface area contributed by atoms with E-state index in [9.17, 15) is 14.9 Å². The molecular weight excluding hydrogens is 368 g/mol. The smallest absolute Gasteiger partial charge is 0.293 e. The highest BCUT2D eigenvalue weighted by atomic mass is 35.5. The van der Waals surface area contributed by atoms with Crippen molar-refractivity contribution in [2.24, 2.45) is 5.73 Å². The molecule has 0 saturated carbocycles. The monoisotopic (exact) mass is 388 g/mol. The predicted octanol–water partition coefficient (Wildman–Crippen LogP) is 3.06. The highest BCUT2D eigenvalue weighted by Gasteiger charge is 2.23. The van der Waals surface area contributed by atoms with Crippen LogP contribution in [0.2, 0.25) is 5.02 Å². The van der Waals surface area contributed by atoms with Crippen molar-refractivity contribution in [2.45, 2.75) is 13.0 Å². The molecule has 1 heterocycles. The molecule has 2 aromatic carbocycles. The molecule has 0 radical (unpaired) electrons. The van der Waals surface area contributed by atoms with Crippen LogP contribution in [-0.2, 0) is 6.54 Å². The molecule has 0 unspecified atom stereocenters. The van der Waals surface area contributed by atoms with E-state index >= 15 is 0 Å². The van der Waals surface area contributed by atoms with Crippen LogP contribution in [0.15, 0.2) is 42.5 Å². The number of primary amides is 1. The minimum Gasteiger partial charge on any atom is -0.366 e. The van der Waals surface area contributed by atoms with E-state index in [0.29, 0.717) is 23.8 Å². The van der Waals surface area contributed by atoms with E-state index in [1.807, 2.05) is 29.2 Å². The zero-order valence-corrected chi connectivity index (χ0v) is 15.6. The SMILES string of the molecule is NC(=O)c1ccc(N2CCCN(Cc3ccc(Cl)cc3)CC2)c([N+](=O)[O-])c1. The summed E-state index contributed by atoms with van der Waals surface area (Å²) in [6, 6.07) is 12.2. The first kappa shape index (κ1) is 19.1. The van der Waals surface area contributed by atoms with Crippen LogP contribution < -0.4 is 10.6 Å². The van der Waals surface area contributed by atoms with E-state index < -0.39 is 10.8 Å². The standard InChI is InChI=1S/C19H21ClN4O3/c20-16-5-2-14(3-6-16)13-22-8-1-9-23(11-10-22)17-7-4-15(19(21)25)12-18(17)24(26)27/h2-7,12H,1,8-11,13H2,(H2,21,25). The Hall–Kier alpha value is -2.64.